The SMILES string of the molecule is COC1=CC(C2CNCCO2)=C(OC)CC1=[N+]=[N-]. The molecule has 1 aliphatic heterocycles. The fourth-order valence-corrected chi connectivity index (χ4v) is 2.14. The van der Waals surface area contributed by atoms with E-state index in [1.807, 2.05) is 6.08 Å². The summed E-state index contributed by atoms with van der Waals surface area (Å²) in [5.41, 5.74) is 10.3. The summed E-state index contributed by atoms with van der Waals surface area (Å²) in [6.45, 7) is 2.26. The van der Waals surface area contributed by atoms with E-state index in [9.17, 15) is 0 Å². The first-order valence-electron chi connectivity index (χ1n) is 5.86. The minimum atomic E-state index is -0.0564. The minimum absolute atomic E-state index is 0.0564. The molecule has 1 unspecified atom stereocenters. The molecule has 2 aliphatic rings. The third-order valence-corrected chi connectivity index (χ3v) is 3.08. The highest BCUT2D eigenvalue weighted by Gasteiger charge is 2.31. The molecule has 0 spiro atoms. The van der Waals surface area contributed by atoms with Gasteiger partial charge in [-0.15, -0.1) is 0 Å². The Kier molecular flexibility index (Phi) is 4.15. The van der Waals surface area contributed by atoms with Crippen molar-refractivity contribution >= 4 is 5.71 Å². The van der Waals surface area contributed by atoms with E-state index in [1.54, 1.807) is 14.2 Å². The second-order valence-corrected chi connectivity index (χ2v) is 4.08. The van der Waals surface area contributed by atoms with Crippen LogP contribution in [0.25, 0.3) is 5.53 Å². The van der Waals surface area contributed by atoms with Gasteiger partial charge in [-0.1, -0.05) is 0 Å². The molecule has 0 amide bonds. The van der Waals surface area contributed by atoms with Gasteiger partial charge in [0.15, 0.2) is 0 Å². The Morgan fingerprint density at radius 1 is 1.44 bits per heavy atom. The molecule has 0 bridgehead atoms. The van der Waals surface area contributed by atoms with E-state index >= 15 is 0 Å². The van der Waals surface area contributed by atoms with Gasteiger partial charge in [0.1, 0.15) is 12.2 Å². The van der Waals surface area contributed by atoms with Crippen LogP contribution >= 0.6 is 0 Å². The van der Waals surface area contributed by atoms with Gasteiger partial charge in [-0.05, 0) is 6.08 Å². The largest absolute Gasteiger partial charge is 0.500 e. The Morgan fingerprint density at radius 3 is 2.83 bits per heavy atom. The fraction of sp³-hybridized carbons (Fsp3) is 0.583. The Morgan fingerprint density at radius 2 is 2.28 bits per heavy atom. The molecule has 0 aromatic heterocycles. The van der Waals surface area contributed by atoms with Crippen LogP contribution in [0.2, 0.25) is 0 Å². The maximum Gasteiger partial charge on any atom is 0.340 e. The summed E-state index contributed by atoms with van der Waals surface area (Å²) in [6, 6.07) is 0. The highest BCUT2D eigenvalue weighted by molar-refractivity contribution is 5.97. The first-order chi connectivity index (χ1) is 8.80. The minimum Gasteiger partial charge on any atom is -0.500 e. The molecule has 0 radical (unpaired) electrons. The standard InChI is InChI=1S/C12H17N3O3/c1-16-10-6-9(15-13)11(17-2)5-8(10)12-7-14-3-4-18-12/h5,12,14H,3-4,6-7H2,1-2H3. The molecule has 6 nitrogen and oxygen atoms in total. The van der Waals surface area contributed by atoms with Crippen LogP contribution in [-0.4, -0.2) is 50.5 Å². The third-order valence-electron chi connectivity index (χ3n) is 3.08. The molecule has 0 aromatic rings. The summed E-state index contributed by atoms with van der Waals surface area (Å²) in [7, 11) is 3.15. The van der Waals surface area contributed by atoms with Crippen molar-refractivity contribution < 1.29 is 19.0 Å². The van der Waals surface area contributed by atoms with E-state index in [2.05, 4.69) is 10.1 Å². The lowest BCUT2D eigenvalue weighted by Crippen LogP contribution is -2.40. The molecule has 1 saturated heterocycles. The molecule has 1 heterocycles. The fourth-order valence-electron chi connectivity index (χ4n) is 2.14. The molecule has 0 saturated carbocycles. The van der Waals surface area contributed by atoms with E-state index in [0.717, 1.165) is 24.4 Å². The van der Waals surface area contributed by atoms with Crippen LogP contribution in [0.1, 0.15) is 6.42 Å². The quantitative estimate of drug-likeness (QED) is 0.584. The summed E-state index contributed by atoms with van der Waals surface area (Å²) < 4.78 is 16.3. The maximum absolute atomic E-state index is 8.95. The number of hydrogen-bond acceptors (Lipinski definition) is 4. The monoisotopic (exact) mass is 251 g/mol. The van der Waals surface area contributed by atoms with Crippen molar-refractivity contribution in [2.75, 3.05) is 33.9 Å². The van der Waals surface area contributed by atoms with Crippen molar-refractivity contribution in [3.63, 3.8) is 0 Å². The number of rotatable bonds is 3. The van der Waals surface area contributed by atoms with E-state index < -0.39 is 0 Å². The normalized spacial score (nSPS) is 24.4. The highest BCUT2D eigenvalue weighted by atomic mass is 16.5. The van der Waals surface area contributed by atoms with Crippen LogP contribution in [-0.2, 0) is 14.2 Å². The number of nitrogens with one attached hydrogen (secondary N) is 1. The molecule has 2 rings (SSSR count). The van der Waals surface area contributed by atoms with Gasteiger partial charge in [0.25, 0.3) is 0 Å². The zero-order valence-corrected chi connectivity index (χ0v) is 10.6. The van der Waals surface area contributed by atoms with E-state index in [0.29, 0.717) is 24.5 Å². The third kappa shape index (κ3) is 2.46. The Hall–Kier alpha value is -1.62. The van der Waals surface area contributed by atoms with E-state index in [1.165, 1.54) is 0 Å². The molecule has 1 fully saturated rings. The smallest absolute Gasteiger partial charge is 0.340 e. The summed E-state index contributed by atoms with van der Waals surface area (Å²) in [5, 5.41) is 3.27. The Balaban J connectivity index is 2.32. The second kappa shape index (κ2) is 5.82. The van der Waals surface area contributed by atoms with Gasteiger partial charge in [-0.3, -0.25) is 0 Å². The van der Waals surface area contributed by atoms with Gasteiger partial charge in [0.2, 0.25) is 5.76 Å². The molecule has 98 valence electrons. The van der Waals surface area contributed by atoms with Crippen LogP contribution in [0.4, 0.5) is 0 Å². The predicted octanol–water partition coefficient (Wildman–Crippen LogP) is 0.480. The average molecular weight is 251 g/mol. The van der Waals surface area contributed by atoms with Gasteiger partial charge >= 0.3 is 5.71 Å². The van der Waals surface area contributed by atoms with Crippen molar-refractivity contribution in [2.45, 2.75) is 12.5 Å². The number of allylic oxidation sites excluding steroid dienone is 2. The summed E-state index contributed by atoms with van der Waals surface area (Å²) in [4.78, 5) is 3.23. The van der Waals surface area contributed by atoms with Gasteiger partial charge in [0, 0.05) is 18.7 Å². The van der Waals surface area contributed by atoms with Gasteiger partial charge in [-0.25, -0.2) is 0 Å². The van der Waals surface area contributed by atoms with E-state index in [4.69, 9.17) is 19.7 Å². The average Bonchev–Trinajstić information content (AvgIpc) is 2.46. The number of hydrogen-bond donors (Lipinski definition) is 1. The predicted molar refractivity (Wildman–Crippen MR) is 65.0 cm³/mol. The Bertz CT molecular complexity index is 430. The first-order valence-corrected chi connectivity index (χ1v) is 5.86. The zero-order valence-electron chi connectivity index (χ0n) is 10.6. The molecule has 0 aromatic carbocycles. The van der Waals surface area contributed by atoms with E-state index in [-0.39, 0.29) is 6.10 Å². The second-order valence-electron chi connectivity index (χ2n) is 4.08. The topological polar surface area (TPSA) is 76.1 Å². The van der Waals surface area contributed by atoms with Crippen molar-refractivity contribution in [1.82, 2.24) is 5.32 Å². The number of morpholine rings is 1. The van der Waals surface area contributed by atoms with Crippen molar-refractivity contribution in [3.8, 4) is 0 Å². The van der Waals surface area contributed by atoms with Crippen LogP contribution in [0, 0.1) is 0 Å². The zero-order chi connectivity index (χ0) is 13.0. The molecule has 6 heteroatoms. The van der Waals surface area contributed by atoms with Crippen molar-refractivity contribution in [3.05, 3.63) is 28.7 Å². The van der Waals surface area contributed by atoms with Crippen molar-refractivity contribution in [2.24, 2.45) is 0 Å². The molecule has 18 heavy (non-hydrogen) atoms. The Labute approximate surface area is 106 Å². The van der Waals surface area contributed by atoms with Crippen LogP contribution in [0.5, 0.6) is 0 Å². The molecule has 1 aliphatic carbocycles. The summed E-state index contributed by atoms with van der Waals surface area (Å²) >= 11 is 0. The van der Waals surface area contributed by atoms with Crippen LogP contribution in [0.3, 0.4) is 0 Å². The van der Waals surface area contributed by atoms with Crippen LogP contribution in [0.15, 0.2) is 23.2 Å². The van der Waals surface area contributed by atoms with Crippen molar-refractivity contribution in [1.29, 1.82) is 0 Å². The lowest BCUT2D eigenvalue weighted by molar-refractivity contribution is -0.0128. The number of nitrogens with zero attached hydrogens (tertiary/aromatic N) is 2. The molecular formula is C12H17N3O3. The van der Waals surface area contributed by atoms with Crippen LogP contribution < -0.4 is 5.32 Å². The van der Waals surface area contributed by atoms with Gasteiger partial charge in [-0.2, -0.15) is 4.79 Å². The van der Waals surface area contributed by atoms with Gasteiger partial charge < -0.3 is 25.1 Å². The highest BCUT2D eigenvalue weighted by Crippen LogP contribution is 2.26. The lowest BCUT2D eigenvalue weighted by Gasteiger charge is -2.27. The number of methoxy groups -OCH3 is 2. The van der Waals surface area contributed by atoms with Gasteiger partial charge in [0.05, 0.1) is 26.9 Å². The summed E-state index contributed by atoms with van der Waals surface area (Å²) in [6.07, 6.45) is 2.16. The molecule has 1 N–H and O–H groups in total. The molecular weight excluding hydrogens is 234 g/mol. The number of ether oxygens (including phenoxy) is 3. The lowest BCUT2D eigenvalue weighted by atomic mass is 9.97. The first kappa shape index (κ1) is 12.8. The maximum atomic E-state index is 8.95. The summed E-state index contributed by atoms with van der Waals surface area (Å²) in [5.74, 6) is 1.29. The molecule has 1 atom stereocenters.